The fourth-order valence-electron chi connectivity index (χ4n) is 2.46. The van der Waals surface area contributed by atoms with E-state index in [0.717, 1.165) is 11.3 Å². The lowest BCUT2D eigenvalue weighted by Crippen LogP contribution is -2.49. The SMILES string of the molecule is NCc1cccc(Cl)c1N1CCN(CC(F)(F)F)CC1. The third-order valence-electron chi connectivity index (χ3n) is 3.38. The molecular formula is C13H17ClF3N3. The third kappa shape index (κ3) is 3.77. The van der Waals surface area contributed by atoms with Crippen LogP contribution in [0, 0.1) is 0 Å². The molecule has 1 fully saturated rings. The van der Waals surface area contributed by atoms with E-state index < -0.39 is 12.7 Å². The van der Waals surface area contributed by atoms with Crippen molar-refractivity contribution in [1.29, 1.82) is 0 Å². The largest absolute Gasteiger partial charge is 0.401 e. The van der Waals surface area contributed by atoms with Crippen molar-refractivity contribution in [3.63, 3.8) is 0 Å². The van der Waals surface area contributed by atoms with Gasteiger partial charge in [0.2, 0.25) is 0 Å². The monoisotopic (exact) mass is 307 g/mol. The van der Waals surface area contributed by atoms with Crippen LogP contribution in [0.15, 0.2) is 18.2 Å². The number of benzene rings is 1. The van der Waals surface area contributed by atoms with E-state index >= 15 is 0 Å². The average Bonchev–Trinajstić information content (AvgIpc) is 2.38. The van der Waals surface area contributed by atoms with Crippen molar-refractivity contribution in [3.8, 4) is 0 Å². The highest BCUT2D eigenvalue weighted by molar-refractivity contribution is 6.33. The zero-order valence-electron chi connectivity index (χ0n) is 11.0. The number of hydrogen-bond acceptors (Lipinski definition) is 3. The lowest BCUT2D eigenvalue weighted by atomic mass is 10.1. The Labute approximate surface area is 121 Å². The fourth-order valence-corrected chi connectivity index (χ4v) is 2.78. The molecule has 1 heterocycles. The number of hydrogen-bond donors (Lipinski definition) is 1. The van der Waals surface area contributed by atoms with Crippen LogP contribution in [0.1, 0.15) is 5.56 Å². The van der Waals surface area contributed by atoms with Crippen molar-refractivity contribution < 1.29 is 13.2 Å². The summed E-state index contributed by atoms with van der Waals surface area (Å²) >= 11 is 6.19. The second-order valence-corrected chi connectivity index (χ2v) is 5.24. The van der Waals surface area contributed by atoms with Crippen molar-refractivity contribution in [2.75, 3.05) is 37.6 Å². The zero-order chi connectivity index (χ0) is 14.8. The highest BCUT2D eigenvalue weighted by Crippen LogP contribution is 2.30. The Kier molecular flexibility index (Phi) is 4.78. The molecule has 1 saturated heterocycles. The molecule has 0 spiro atoms. The summed E-state index contributed by atoms with van der Waals surface area (Å²) in [5, 5.41) is 0.595. The minimum Gasteiger partial charge on any atom is -0.368 e. The van der Waals surface area contributed by atoms with Gasteiger partial charge in [-0.1, -0.05) is 23.7 Å². The molecular weight excluding hydrogens is 291 g/mol. The first-order chi connectivity index (χ1) is 9.40. The van der Waals surface area contributed by atoms with Gasteiger partial charge in [0.15, 0.2) is 0 Å². The normalized spacial score (nSPS) is 17.6. The van der Waals surface area contributed by atoms with Crippen molar-refractivity contribution in [2.45, 2.75) is 12.7 Å². The quantitative estimate of drug-likeness (QED) is 0.931. The molecule has 3 nitrogen and oxygen atoms in total. The van der Waals surface area contributed by atoms with Gasteiger partial charge in [0.25, 0.3) is 0 Å². The van der Waals surface area contributed by atoms with E-state index in [0.29, 0.717) is 37.7 Å². The first-order valence-corrected chi connectivity index (χ1v) is 6.80. The summed E-state index contributed by atoms with van der Waals surface area (Å²) in [5.74, 6) is 0. The lowest BCUT2D eigenvalue weighted by molar-refractivity contribution is -0.146. The predicted molar refractivity (Wildman–Crippen MR) is 74.1 cm³/mol. The maximum atomic E-state index is 12.4. The molecule has 0 unspecified atom stereocenters. The Morgan fingerprint density at radius 1 is 1.15 bits per heavy atom. The van der Waals surface area contributed by atoms with Gasteiger partial charge >= 0.3 is 6.18 Å². The number of piperazine rings is 1. The first-order valence-electron chi connectivity index (χ1n) is 6.42. The Balaban J connectivity index is 2.04. The van der Waals surface area contributed by atoms with Gasteiger partial charge in [-0.15, -0.1) is 0 Å². The molecule has 1 aromatic rings. The summed E-state index contributed by atoms with van der Waals surface area (Å²) in [5.41, 5.74) is 7.46. The highest BCUT2D eigenvalue weighted by atomic mass is 35.5. The minimum absolute atomic E-state index is 0.360. The van der Waals surface area contributed by atoms with E-state index in [1.165, 1.54) is 4.90 Å². The van der Waals surface area contributed by atoms with Crippen molar-refractivity contribution in [1.82, 2.24) is 4.90 Å². The Hall–Kier alpha value is -0.980. The summed E-state index contributed by atoms with van der Waals surface area (Å²) in [7, 11) is 0. The first kappa shape index (κ1) is 15.4. The molecule has 0 saturated carbocycles. The third-order valence-corrected chi connectivity index (χ3v) is 3.69. The number of para-hydroxylation sites is 1. The topological polar surface area (TPSA) is 32.5 Å². The molecule has 0 atom stereocenters. The van der Waals surface area contributed by atoms with Gasteiger partial charge in [-0.3, -0.25) is 4.90 Å². The molecule has 1 aliphatic rings. The Morgan fingerprint density at radius 3 is 2.35 bits per heavy atom. The van der Waals surface area contributed by atoms with Gasteiger partial charge in [0, 0.05) is 32.7 Å². The second-order valence-electron chi connectivity index (χ2n) is 4.83. The van der Waals surface area contributed by atoms with E-state index in [4.69, 9.17) is 17.3 Å². The van der Waals surface area contributed by atoms with Crippen molar-refractivity contribution >= 4 is 17.3 Å². The maximum Gasteiger partial charge on any atom is 0.401 e. The second kappa shape index (κ2) is 6.20. The molecule has 20 heavy (non-hydrogen) atoms. The molecule has 0 amide bonds. The highest BCUT2D eigenvalue weighted by Gasteiger charge is 2.32. The van der Waals surface area contributed by atoms with Crippen molar-refractivity contribution in [2.24, 2.45) is 5.73 Å². The Bertz CT molecular complexity index is 457. The molecule has 0 bridgehead atoms. The van der Waals surface area contributed by atoms with E-state index in [9.17, 15) is 13.2 Å². The summed E-state index contributed by atoms with van der Waals surface area (Å²) in [6.45, 7) is 1.29. The number of nitrogens with two attached hydrogens (primary N) is 1. The van der Waals surface area contributed by atoms with Crippen molar-refractivity contribution in [3.05, 3.63) is 28.8 Å². The summed E-state index contributed by atoms with van der Waals surface area (Å²) in [6.07, 6.45) is -4.14. The van der Waals surface area contributed by atoms with E-state index in [1.807, 2.05) is 17.0 Å². The summed E-state index contributed by atoms with van der Waals surface area (Å²) in [4.78, 5) is 3.42. The van der Waals surface area contributed by atoms with Crippen LogP contribution in [-0.4, -0.2) is 43.8 Å². The van der Waals surface area contributed by atoms with Gasteiger partial charge in [-0.25, -0.2) is 0 Å². The molecule has 2 rings (SSSR count). The fraction of sp³-hybridized carbons (Fsp3) is 0.538. The van der Waals surface area contributed by atoms with Gasteiger partial charge in [-0.2, -0.15) is 13.2 Å². The van der Waals surface area contributed by atoms with Crippen LogP contribution in [0.3, 0.4) is 0 Å². The smallest absolute Gasteiger partial charge is 0.368 e. The van der Waals surface area contributed by atoms with Gasteiger partial charge in [0.05, 0.1) is 17.3 Å². The van der Waals surface area contributed by atoms with E-state index in [1.54, 1.807) is 6.07 Å². The van der Waals surface area contributed by atoms with E-state index in [2.05, 4.69) is 0 Å². The number of rotatable bonds is 3. The zero-order valence-corrected chi connectivity index (χ0v) is 11.7. The molecule has 1 aliphatic heterocycles. The number of halogens is 4. The number of anilines is 1. The van der Waals surface area contributed by atoms with Crippen LogP contribution in [0.5, 0.6) is 0 Å². The van der Waals surface area contributed by atoms with Crippen LogP contribution in [0.4, 0.5) is 18.9 Å². The molecule has 2 N–H and O–H groups in total. The van der Waals surface area contributed by atoms with E-state index in [-0.39, 0.29) is 0 Å². The average molecular weight is 308 g/mol. The van der Waals surface area contributed by atoms with Crippen LogP contribution in [-0.2, 0) is 6.54 Å². The van der Waals surface area contributed by atoms with Crippen LogP contribution >= 0.6 is 11.6 Å². The van der Waals surface area contributed by atoms with Crippen LogP contribution < -0.4 is 10.6 Å². The standard InChI is InChI=1S/C13H17ClF3N3/c14-11-3-1-2-10(8-18)12(11)20-6-4-19(5-7-20)9-13(15,16)17/h1-3H,4-9,18H2. The Morgan fingerprint density at radius 2 is 1.80 bits per heavy atom. The number of alkyl halides is 3. The van der Waals surface area contributed by atoms with Gasteiger partial charge in [-0.05, 0) is 11.6 Å². The molecule has 1 aromatic carbocycles. The predicted octanol–water partition coefficient (Wildman–Crippen LogP) is 2.48. The summed E-state index contributed by atoms with van der Waals surface area (Å²) in [6, 6.07) is 5.50. The van der Waals surface area contributed by atoms with Gasteiger partial charge < -0.3 is 10.6 Å². The molecule has 112 valence electrons. The molecule has 0 aromatic heterocycles. The molecule has 0 radical (unpaired) electrons. The van der Waals surface area contributed by atoms with Crippen LogP contribution in [0.25, 0.3) is 0 Å². The molecule has 0 aliphatic carbocycles. The minimum atomic E-state index is -4.14. The maximum absolute atomic E-state index is 12.4. The summed E-state index contributed by atoms with van der Waals surface area (Å²) < 4.78 is 37.1. The lowest BCUT2D eigenvalue weighted by Gasteiger charge is -2.37. The van der Waals surface area contributed by atoms with Crippen LogP contribution in [0.2, 0.25) is 5.02 Å². The van der Waals surface area contributed by atoms with Gasteiger partial charge in [0.1, 0.15) is 0 Å². The number of nitrogens with zero attached hydrogens (tertiary/aromatic N) is 2. The molecule has 7 heteroatoms.